The van der Waals surface area contributed by atoms with E-state index in [2.05, 4.69) is 27.9 Å². The van der Waals surface area contributed by atoms with Gasteiger partial charge in [-0.15, -0.1) is 11.3 Å². The van der Waals surface area contributed by atoms with Crippen LogP contribution in [0, 0.1) is 3.57 Å². The summed E-state index contributed by atoms with van der Waals surface area (Å²) in [5.41, 5.74) is 1.66. The molecule has 3 rings (SSSR count). The standard InChI is InChI=1S/C20H16Cl2INO2S/c1-11(25)19(17-10-27-18-3-2-13(21)9-16(17)18)20(26)24-5-4-12-6-14(22)8-15(23)7-12/h2-11,19,25H,1H3,(H,24,26)/b5-4+. The van der Waals surface area contributed by atoms with Gasteiger partial charge in [0.2, 0.25) is 5.91 Å². The molecule has 7 heteroatoms. The minimum atomic E-state index is -0.845. The molecule has 2 N–H and O–H groups in total. The molecule has 3 aromatic rings. The SMILES string of the molecule is CC(O)C(C(=O)N/C=C/c1cc(Cl)cc(I)c1)c1csc2ccc(Cl)cc12. The maximum absolute atomic E-state index is 12.8. The number of hydrogen-bond acceptors (Lipinski definition) is 3. The van der Waals surface area contributed by atoms with E-state index in [0.717, 1.165) is 24.8 Å². The molecule has 0 aliphatic rings. The third-order valence-electron chi connectivity index (χ3n) is 4.05. The van der Waals surface area contributed by atoms with E-state index < -0.39 is 12.0 Å². The number of amides is 1. The maximum Gasteiger partial charge on any atom is 0.234 e. The van der Waals surface area contributed by atoms with Crippen LogP contribution in [0.1, 0.15) is 24.0 Å². The van der Waals surface area contributed by atoms with Gasteiger partial charge in [0.25, 0.3) is 0 Å². The van der Waals surface area contributed by atoms with Gasteiger partial charge in [-0.3, -0.25) is 4.79 Å². The summed E-state index contributed by atoms with van der Waals surface area (Å²) in [6.45, 7) is 1.61. The van der Waals surface area contributed by atoms with E-state index in [0.29, 0.717) is 10.0 Å². The van der Waals surface area contributed by atoms with Crippen molar-refractivity contribution in [1.82, 2.24) is 5.32 Å². The Hall–Kier alpha value is -1.12. The first-order valence-electron chi connectivity index (χ1n) is 8.13. The quantitative estimate of drug-likeness (QED) is 0.393. The van der Waals surface area contributed by atoms with Crippen LogP contribution in [0.5, 0.6) is 0 Å². The molecule has 27 heavy (non-hydrogen) atoms. The number of aliphatic hydroxyl groups is 1. The summed E-state index contributed by atoms with van der Waals surface area (Å²) in [6, 6.07) is 11.2. The van der Waals surface area contributed by atoms with E-state index in [1.165, 1.54) is 11.3 Å². The number of nitrogens with one attached hydrogen (secondary N) is 1. The van der Waals surface area contributed by atoms with Crippen molar-refractivity contribution in [3.63, 3.8) is 0 Å². The minimum Gasteiger partial charge on any atom is -0.392 e. The van der Waals surface area contributed by atoms with Gasteiger partial charge in [-0.05, 0) is 93.9 Å². The van der Waals surface area contributed by atoms with Gasteiger partial charge in [0.05, 0.1) is 12.0 Å². The average molecular weight is 532 g/mol. The Kier molecular flexibility index (Phi) is 6.81. The van der Waals surface area contributed by atoms with Crippen molar-refractivity contribution >= 4 is 79.2 Å². The molecule has 140 valence electrons. The third kappa shape index (κ3) is 5.03. The van der Waals surface area contributed by atoms with Crippen LogP contribution in [0.2, 0.25) is 10.0 Å². The lowest BCUT2D eigenvalue weighted by Crippen LogP contribution is -2.31. The van der Waals surface area contributed by atoms with Gasteiger partial charge in [-0.25, -0.2) is 0 Å². The van der Waals surface area contributed by atoms with Crippen LogP contribution in [-0.2, 0) is 4.79 Å². The van der Waals surface area contributed by atoms with Gasteiger partial charge in [-0.1, -0.05) is 23.2 Å². The molecule has 0 radical (unpaired) electrons. The lowest BCUT2D eigenvalue weighted by molar-refractivity contribution is -0.123. The Morgan fingerprint density at radius 2 is 2.00 bits per heavy atom. The summed E-state index contributed by atoms with van der Waals surface area (Å²) in [6.07, 6.45) is 2.50. The van der Waals surface area contributed by atoms with Gasteiger partial charge < -0.3 is 10.4 Å². The largest absolute Gasteiger partial charge is 0.392 e. The molecule has 0 spiro atoms. The minimum absolute atomic E-state index is 0.280. The Bertz CT molecular complexity index is 996. The Morgan fingerprint density at radius 3 is 2.70 bits per heavy atom. The van der Waals surface area contributed by atoms with E-state index in [1.807, 2.05) is 41.8 Å². The van der Waals surface area contributed by atoms with Crippen LogP contribution >= 0.6 is 57.1 Å². The van der Waals surface area contributed by atoms with E-state index in [-0.39, 0.29) is 5.91 Å². The number of halogens is 3. The number of hydrogen-bond donors (Lipinski definition) is 2. The molecular formula is C20H16Cl2INO2S. The molecule has 0 aliphatic carbocycles. The number of carbonyl (C=O) groups excluding carboxylic acids is 1. The van der Waals surface area contributed by atoms with Crippen LogP contribution in [-0.4, -0.2) is 17.1 Å². The summed E-state index contributed by atoms with van der Waals surface area (Å²) in [5, 5.41) is 17.0. The number of carbonyl (C=O) groups is 1. The first-order chi connectivity index (χ1) is 12.8. The first-order valence-corrected chi connectivity index (χ1v) is 10.8. The highest BCUT2D eigenvalue weighted by atomic mass is 127. The molecule has 0 bridgehead atoms. The van der Waals surface area contributed by atoms with Crippen LogP contribution < -0.4 is 5.32 Å². The fourth-order valence-corrected chi connectivity index (χ4v) is 5.14. The van der Waals surface area contributed by atoms with E-state index in [9.17, 15) is 9.90 Å². The average Bonchev–Trinajstić information content (AvgIpc) is 2.96. The Morgan fingerprint density at radius 1 is 1.22 bits per heavy atom. The van der Waals surface area contributed by atoms with Crippen molar-refractivity contribution in [3.8, 4) is 0 Å². The van der Waals surface area contributed by atoms with Crippen molar-refractivity contribution < 1.29 is 9.90 Å². The molecule has 1 aromatic heterocycles. The van der Waals surface area contributed by atoms with E-state index in [1.54, 1.807) is 19.2 Å². The van der Waals surface area contributed by atoms with Gasteiger partial charge in [0.1, 0.15) is 0 Å². The van der Waals surface area contributed by atoms with Gasteiger partial charge >= 0.3 is 0 Å². The summed E-state index contributed by atoms with van der Waals surface area (Å²) < 4.78 is 2.03. The number of rotatable bonds is 5. The van der Waals surface area contributed by atoms with Crippen molar-refractivity contribution in [3.05, 3.63) is 72.7 Å². The molecule has 3 nitrogen and oxygen atoms in total. The summed E-state index contributed by atoms with van der Waals surface area (Å²) >= 11 is 15.9. The number of benzene rings is 2. The lowest BCUT2D eigenvalue weighted by atomic mass is 9.93. The first kappa shape index (κ1) is 20.6. The van der Waals surface area contributed by atoms with Crippen LogP contribution in [0.25, 0.3) is 16.2 Å². The molecule has 0 aliphatic heterocycles. The summed E-state index contributed by atoms with van der Waals surface area (Å²) in [4.78, 5) is 12.8. The van der Waals surface area contributed by atoms with E-state index >= 15 is 0 Å². The molecule has 0 saturated carbocycles. The van der Waals surface area contributed by atoms with Gasteiger partial charge in [-0.2, -0.15) is 0 Å². The maximum atomic E-state index is 12.8. The van der Waals surface area contributed by atoms with Crippen molar-refractivity contribution in [1.29, 1.82) is 0 Å². The molecule has 2 unspecified atom stereocenters. The zero-order valence-corrected chi connectivity index (χ0v) is 18.7. The highest BCUT2D eigenvalue weighted by Gasteiger charge is 2.27. The highest BCUT2D eigenvalue weighted by molar-refractivity contribution is 14.1. The summed E-state index contributed by atoms with van der Waals surface area (Å²) in [7, 11) is 0. The molecule has 1 heterocycles. The molecular weight excluding hydrogens is 516 g/mol. The second-order valence-electron chi connectivity index (χ2n) is 6.09. The zero-order chi connectivity index (χ0) is 19.6. The van der Waals surface area contributed by atoms with Crippen molar-refractivity contribution in [2.45, 2.75) is 18.9 Å². The molecule has 2 aromatic carbocycles. The second kappa shape index (κ2) is 8.92. The zero-order valence-electron chi connectivity index (χ0n) is 14.2. The lowest BCUT2D eigenvalue weighted by Gasteiger charge is -2.18. The van der Waals surface area contributed by atoms with Crippen LogP contribution in [0.15, 0.2) is 48.0 Å². The van der Waals surface area contributed by atoms with Gasteiger partial charge in [0.15, 0.2) is 0 Å². The summed E-state index contributed by atoms with van der Waals surface area (Å²) in [5.74, 6) is -0.973. The highest BCUT2D eigenvalue weighted by Crippen LogP contribution is 2.35. The third-order valence-corrected chi connectivity index (χ3v) is 6.11. The number of thiophene rings is 1. The fourth-order valence-electron chi connectivity index (χ4n) is 2.86. The molecule has 0 saturated heterocycles. The van der Waals surface area contributed by atoms with E-state index in [4.69, 9.17) is 23.2 Å². The number of fused-ring (bicyclic) bond motifs is 1. The van der Waals surface area contributed by atoms with Crippen molar-refractivity contribution in [2.24, 2.45) is 0 Å². The molecule has 0 fully saturated rings. The molecule has 2 atom stereocenters. The van der Waals surface area contributed by atoms with Crippen LogP contribution in [0.3, 0.4) is 0 Å². The normalized spacial score (nSPS) is 13.8. The van der Waals surface area contributed by atoms with Gasteiger partial charge in [0, 0.05) is 24.5 Å². The predicted octanol–water partition coefficient (Wildman–Crippen LogP) is 6.06. The second-order valence-corrected chi connectivity index (χ2v) is 9.12. The number of aliphatic hydroxyl groups excluding tert-OH is 1. The Labute approximate surface area is 185 Å². The predicted molar refractivity (Wildman–Crippen MR) is 123 cm³/mol. The molecule has 1 amide bonds. The van der Waals surface area contributed by atoms with Crippen LogP contribution in [0.4, 0.5) is 0 Å². The fraction of sp³-hybridized carbons (Fsp3) is 0.150. The Balaban J connectivity index is 1.83. The topological polar surface area (TPSA) is 49.3 Å². The smallest absolute Gasteiger partial charge is 0.234 e. The monoisotopic (exact) mass is 531 g/mol. The van der Waals surface area contributed by atoms with Crippen molar-refractivity contribution in [2.75, 3.05) is 0 Å².